The monoisotopic (exact) mass is 409 g/mol. The molecule has 0 aliphatic carbocycles. The standard InChI is InChI=1S/C17H17BrFN3O3/c1-17(2,3)25-16(24)22(4)10-8-13(21-20-9-10)15(23)11-6-5-7-12(18)14(11)19/h5-9H,1-4H3. The number of aromatic nitrogens is 2. The Hall–Kier alpha value is -2.35. The van der Waals surface area contributed by atoms with Gasteiger partial charge in [-0.15, -0.1) is 5.10 Å². The molecule has 0 fully saturated rings. The van der Waals surface area contributed by atoms with Gasteiger partial charge in [0.2, 0.25) is 5.78 Å². The Kier molecular flexibility index (Phi) is 5.52. The number of carbonyl (C=O) groups is 2. The smallest absolute Gasteiger partial charge is 0.414 e. The minimum absolute atomic E-state index is 0.0788. The number of hydrogen-bond donors (Lipinski definition) is 0. The van der Waals surface area contributed by atoms with E-state index in [1.165, 1.54) is 36.3 Å². The second-order valence-electron chi connectivity index (χ2n) is 6.27. The Labute approximate surface area is 153 Å². The first-order valence-corrected chi connectivity index (χ1v) is 8.17. The Morgan fingerprint density at radius 3 is 2.60 bits per heavy atom. The van der Waals surface area contributed by atoms with E-state index in [0.717, 1.165) is 0 Å². The molecule has 0 radical (unpaired) electrons. The molecule has 1 aromatic heterocycles. The molecule has 0 aliphatic heterocycles. The predicted molar refractivity (Wildman–Crippen MR) is 94.2 cm³/mol. The van der Waals surface area contributed by atoms with Crippen molar-refractivity contribution in [2.75, 3.05) is 11.9 Å². The molecule has 0 atom stereocenters. The lowest BCUT2D eigenvalue weighted by Crippen LogP contribution is -2.34. The van der Waals surface area contributed by atoms with Crippen LogP contribution in [0.4, 0.5) is 14.9 Å². The quantitative estimate of drug-likeness (QED) is 0.716. The molecular formula is C17H17BrFN3O3. The van der Waals surface area contributed by atoms with Gasteiger partial charge >= 0.3 is 6.09 Å². The maximum absolute atomic E-state index is 14.1. The zero-order valence-electron chi connectivity index (χ0n) is 14.2. The largest absolute Gasteiger partial charge is 0.443 e. The Balaban J connectivity index is 2.31. The average molecular weight is 410 g/mol. The van der Waals surface area contributed by atoms with Crippen LogP contribution in [-0.2, 0) is 4.74 Å². The summed E-state index contributed by atoms with van der Waals surface area (Å²) in [6, 6.07) is 5.75. The number of anilines is 1. The number of carbonyl (C=O) groups excluding carboxylic acids is 2. The summed E-state index contributed by atoms with van der Waals surface area (Å²) in [5, 5.41) is 7.47. The number of nitrogens with zero attached hydrogens (tertiary/aromatic N) is 3. The Morgan fingerprint density at radius 2 is 1.96 bits per heavy atom. The van der Waals surface area contributed by atoms with Crippen molar-refractivity contribution in [3.63, 3.8) is 0 Å². The van der Waals surface area contributed by atoms with Crippen molar-refractivity contribution in [2.45, 2.75) is 26.4 Å². The molecule has 0 bridgehead atoms. The van der Waals surface area contributed by atoms with Gasteiger partial charge in [0.05, 0.1) is 21.9 Å². The fourth-order valence-corrected chi connectivity index (χ4v) is 2.27. The third-order valence-electron chi connectivity index (χ3n) is 3.12. The van der Waals surface area contributed by atoms with E-state index in [1.54, 1.807) is 26.8 Å². The van der Waals surface area contributed by atoms with Crippen LogP contribution in [0.2, 0.25) is 0 Å². The van der Waals surface area contributed by atoms with E-state index in [4.69, 9.17) is 4.74 Å². The van der Waals surface area contributed by atoms with Crippen LogP contribution in [0.5, 0.6) is 0 Å². The second kappa shape index (κ2) is 7.26. The minimum Gasteiger partial charge on any atom is -0.443 e. The molecule has 132 valence electrons. The van der Waals surface area contributed by atoms with Gasteiger partial charge in [-0.1, -0.05) is 6.07 Å². The van der Waals surface area contributed by atoms with E-state index in [-0.39, 0.29) is 15.7 Å². The highest BCUT2D eigenvalue weighted by Gasteiger charge is 2.23. The molecular weight excluding hydrogens is 393 g/mol. The summed E-state index contributed by atoms with van der Waals surface area (Å²) in [5.41, 5.74) is -0.571. The van der Waals surface area contributed by atoms with E-state index >= 15 is 0 Å². The summed E-state index contributed by atoms with van der Waals surface area (Å²) < 4.78 is 19.5. The Morgan fingerprint density at radius 1 is 1.28 bits per heavy atom. The van der Waals surface area contributed by atoms with E-state index in [0.29, 0.717) is 5.69 Å². The zero-order valence-corrected chi connectivity index (χ0v) is 15.8. The van der Waals surface area contributed by atoms with E-state index in [1.807, 2.05) is 0 Å². The van der Waals surface area contributed by atoms with Crippen LogP contribution in [0.15, 0.2) is 34.9 Å². The van der Waals surface area contributed by atoms with Gasteiger partial charge in [-0.05, 0) is 54.9 Å². The molecule has 2 rings (SSSR count). The van der Waals surface area contributed by atoms with Gasteiger partial charge in [0.1, 0.15) is 17.1 Å². The molecule has 2 aromatic rings. The summed E-state index contributed by atoms with van der Waals surface area (Å²) in [4.78, 5) is 25.8. The van der Waals surface area contributed by atoms with Crippen molar-refractivity contribution in [1.29, 1.82) is 0 Å². The molecule has 1 aromatic carbocycles. The van der Waals surface area contributed by atoms with Crippen LogP contribution in [0.25, 0.3) is 0 Å². The van der Waals surface area contributed by atoms with Crippen molar-refractivity contribution >= 4 is 33.5 Å². The van der Waals surface area contributed by atoms with E-state index in [2.05, 4.69) is 26.1 Å². The predicted octanol–water partition coefficient (Wildman–Crippen LogP) is 3.98. The number of benzene rings is 1. The number of halogens is 2. The lowest BCUT2D eigenvalue weighted by Gasteiger charge is -2.24. The second-order valence-corrected chi connectivity index (χ2v) is 7.12. The van der Waals surface area contributed by atoms with Crippen LogP contribution >= 0.6 is 15.9 Å². The van der Waals surface area contributed by atoms with E-state index < -0.39 is 23.3 Å². The van der Waals surface area contributed by atoms with Gasteiger partial charge in [-0.2, -0.15) is 5.10 Å². The van der Waals surface area contributed by atoms with Gasteiger partial charge in [0.25, 0.3) is 0 Å². The van der Waals surface area contributed by atoms with Crippen LogP contribution < -0.4 is 4.90 Å². The summed E-state index contributed by atoms with van der Waals surface area (Å²) in [5.74, 6) is -1.31. The average Bonchev–Trinajstić information content (AvgIpc) is 2.54. The summed E-state index contributed by atoms with van der Waals surface area (Å²) in [7, 11) is 1.49. The molecule has 0 saturated heterocycles. The fraction of sp³-hybridized carbons (Fsp3) is 0.294. The normalized spacial score (nSPS) is 11.1. The lowest BCUT2D eigenvalue weighted by molar-refractivity contribution is 0.0589. The molecule has 1 amide bonds. The van der Waals surface area contributed by atoms with Gasteiger partial charge < -0.3 is 4.74 Å². The molecule has 25 heavy (non-hydrogen) atoms. The molecule has 0 N–H and O–H groups in total. The number of amides is 1. The first-order valence-electron chi connectivity index (χ1n) is 7.38. The molecule has 0 saturated carbocycles. The number of hydrogen-bond acceptors (Lipinski definition) is 5. The van der Waals surface area contributed by atoms with Gasteiger partial charge in [0, 0.05) is 7.05 Å². The molecule has 8 heteroatoms. The van der Waals surface area contributed by atoms with Crippen LogP contribution in [-0.4, -0.2) is 34.7 Å². The number of ketones is 1. The van der Waals surface area contributed by atoms with E-state index in [9.17, 15) is 14.0 Å². The van der Waals surface area contributed by atoms with Crippen LogP contribution in [0.3, 0.4) is 0 Å². The van der Waals surface area contributed by atoms with Crippen molar-refractivity contribution in [2.24, 2.45) is 0 Å². The first kappa shape index (κ1) is 19.0. The topological polar surface area (TPSA) is 72.4 Å². The highest BCUT2D eigenvalue weighted by atomic mass is 79.9. The SMILES string of the molecule is CN(C(=O)OC(C)(C)C)c1cnnc(C(=O)c2cccc(Br)c2F)c1. The molecule has 0 aliphatic rings. The molecule has 6 nitrogen and oxygen atoms in total. The van der Waals surface area contributed by atoms with Gasteiger partial charge in [-0.3, -0.25) is 9.69 Å². The highest BCUT2D eigenvalue weighted by Crippen LogP contribution is 2.22. The summed E-state index contributed by atoms with van der Waals surface area (Å²) in [6.07, 6.45) is 0.713. The molecule has 0 spiro atoms. The maximum Gasteiger partial charge on any atom is 0.414 e. The third-order valence-corrected chi connectivity index (χ3v) is 3.74. The fourth-order valence-electron chi connectivity index (χ4n) is 1.90. The van der Waals surface area contributed by atoms with Crippen molar-refractivity contribution in [3.05, 3.63) is 52.0 Å². The van der Waals surface area contributed by atoms with Crippen molar-refractivity contribution in [1.82, 2.24) is 10.2 Å². The number of ether oxygens (including phenoxy) is 1. The van der Waals surface area contributed by atoms with Gasteiger partial charge in [0.15, 0.2) is 0 Å². The van der Waals surface area contributed by atoms with Crippen molar-refractivity contribution < 1.29 is 18.7 Å². The highest BCUT2D eigenvalue weighted by molar-refractivity contribution is 9.10. The minimum atomic E-state index is -0.680. The molecule has 1 heterocycles. The first-order chi connectivity index (χ1) is 11.6. The number of rotatable bonds is 3. The Bertz CT molecular complexity index is 821. The van der Waals surface area contributed by atoms with Crippen LogP contribution in [0.1, 0.15) is 36.8 Å². The zero-order chi connectivity index (χ0) is 18.8. The molecule has 0 unspecified atom stereocenters. The lowest BCUT2D eigenvalue weighted by atomic mass is 10.1. The summed E-state index contributed by atoms with van der Waals surface area (Å²) in [6.45, 7) is 5.23. The summed E-state index contributed by atoms with van der Waals surface area (Å²) >= 11 is 3.04. The van der Waals surface area contributed by atoms with Crippen molar-refractivity contribution in [3.8, 4) is 0 Å². The van der Waals surface area contributed by atoms with Crippen LogP contribution in [0, 0.1) is 5.82 Å². The maximum atomic E-state index is 14.1. The van der Waals surface area contributed by atoms with Gasteiger partial charge in [-0.25, -0.2) is 9.18 Å². The third kappa shape index (κ3) is 4.60.